The molecule has 0 radical (unpaired) electrons. The normalized spacial score (nSPS) is 12.8. The van der Waals surface area contributed by atoms with Crippen LogP contribution in [-0.2, 0) is 14.8 Å². The van der Waals surface area contributed by atoms with Crippen LogP contribution < -0.4 is 15.1 Å². The fourth-order valence-corrected chi connectivity index (χ4v) is 4.76. The van der Waals surface area contributed by atoms with E-state index >= 15 is 0 Å². The van der Waals surface area contributed by atoms with Crippen molar-refractivity contribution in [3.05, 3.63) is 68.0 Å². The van der Waals surface area contributed by atoms with Crippen molar-refractivity contribution >= 4 is 50.2 Å². The van der Waals surface area contributed by atoms with Crippen LogP contribution in [0.3, 0.4) is 0 Å². The van der Waals surface area contributed by atoms with E-state index in [1.54, 1.807) is 19.1 Å². The monoisotopic (exact) mass is 511 g/mol. The summed E-state index contributed by atoms with van der Waals surface area (Å²) in [6.07, 6.45) is 0.193. The lowest BCUT2D eigenvalue weighted by Gasteiger charge is -2.20. The molecule has 33 heavy (non-hydrogen) atoms. The molecule has 0 aliphatic rings. The Morgan fingerprint density at radius 3 is 2.36 bits per heavy atom. The average molecular weight is 512 g/mol. The van der Waals surface area contributed by atoms with E-state index in [0.717, 1.165) is 5.56 Å². The molecule has 0 amide bonds. The van der Waals surface area contributed by atoms with E-state index in [4.69, 9.17) is 32.4 Å². The Balaban J connectivity index is 1.92. The second kappa shape index (κ2) is 9.85. The first-order valence-electron chi connectivity index (χ1n) is 10.1. The Morgan fingerprint density at radius 2 is 1.76 bits per heavy atom. The first-order chi connectivity index (χ1) is 15.4. The molecule has 7 nitrogen and oxygen atoms in total. The number of ether oxygens (including phenoxy) is 1. The van der Waals surface area contributed by atoms with Gasteiger partial charge in [-0.05, 0) is 49.9 Å². The van der Waals surface area contributed by atoms with Gasteiger partial charge in [-0.25, -0.2) is 18.0 Å². The van der Waals surface area contributed by atoms with Gasteiger partial charge in [0.1, 0.15) is 16.6 Å². The molecule has 1 atom stereocenters. The van der Waals surface area contributed by atoms with E-state index < -0.39 is 27.7 Å². The summed E-state index contributed by atoms with van der Waals surface area (Å²) in [4.78, 5) is 24.9. The third-order valence-electron chi connectivity index (χ3n) is 4.98. The fraction of sp³-hybridized carbons (Fsp3) is 0.304. The number of nitrogens with one attached hydrogen (secondary N) is 1. The molecule has 0 aliphatic carbocycles. The summed E-state index contributed by atoms with van der Waals surface area (Å²) >= 11 is 12.2. The molecule has 3 rings (SSSR count). The van der Waals surface area contributed by atoms with E-state index in [1.807, 2.05) is 20.8 Å². The molecule has 10 heteroatoms. The minimum atomic E-state index is -3.98. The highest BCUT2D eigenvalue weighted by molar-refractivity contribution is 7.89. The topological polar surface area (TPSA) is 103 Å². The van der Waals surface area contributed by atoms with Gasteiger partial charge in [0, 0.05) is 11.5 Å². The van der Waals surface area contributed by atoms with Crippen LogP contribution in [0.5, 0.6) is 5.75 Å². The van der Waals surface area contributed by atoms with Crippen molar-refractivity contribution in [1.29, 1.82) is 0 Å². The second-order valence-corrected chi connectivity index (χ2v) is 10.6. The number of hydrogen-bond acceptors (Lipinski definition) is 6. The Kier molecular flexibility index (Phi) is 7.53. The zero-order valence-corrected chi connectivity index (χ0v) is 20.8. The van der Waals surface area contributed by atoms with Crippen molar-refractivity contribution < 1.29 is 22.4 Å². The van der Waals surface area contributed by atoms with Crippen molar-refractivity contribution in [2.75, 3.05) is 0 Å². The summed E-state index contributed by atoms with van der Waals surface area (Å²) in [5.74, 6) is -0.922. The largest absolute Gasteiger partial charge is 0.424 e. The Bertz CT molecular complexity index is 1360. The highest BCUT2D eigenvalue weighted by Crippen LogP contribution is 2.33. The molecular formula is C23H23Cl2NO6S. The standard InChI is InChI=1S/C23H23Cl2NO6S/c1-12(2)9-18(26-33(29,30)15-7-5-13(3)6-8-15)22(27)32-20-11-19-16(10-17(20)24)14(4)21(25)23(28)31-19/h5-8,10-12,18,26H,9H2,1-4H3/t18-/m0/s1. The van der Waals surface area contributed by atoms with Crippen molar-refractivity contribution in [3.8, 4) is 5.75 Å². The van der Waals surface area contributed by atoms with E-state index in [-0.39, 0.29) is 38.6 Å². The third kappa shape index (κ3) is 5.76. The minimum Gasteiger partial charge on any atom is -0.424 e. The lowest BCUT2D eigenvalue weighted by atomic mass is 10.0. The average Bonchev–Trinajstić information content (AvgIpc) is 2.73. The molecule has 0 unspecified atom stereocenters. The van der Waals surface area contributed by atoms with Gasteiger partial charge >= 0.3 is 11.6 Å². The van der Waals surface area contributed by atoms with Crippen molar-refractivity contribution in [3.63, 3.8) is 0 Å². The maximum absolute atomic E-state index is 13.0. The van der Waals surface area contributed by atoms with Gasteiger partial charge in [0.05, 0.1) is 9.92 Å². The smallest absolute Gasteiger partial charge is 0.355 e. The minimum absolute atomic E-state index is 0.0156. The van der Waals surface area contributed by atoms with E-state index in [2.05, 4.69) is 4.72 Å². The van der Waals surface area contributed by atoms with E-state index in [9.17, 15) is 18.0 Å². The first kappa shape index (κ1) is 25.2. The van der Waals surface area contributed by atoms with Gasteiger partial charge in [-0.2, -0.15) is 4.72 Å². The van der Waals surface area contributed by atoms with Crippen molar-refractivity contribution in [2.24, 2.45) is 5.92 Å². The first-order valence-corrected chi connectivity index (χ1v) is 12.4. The third-order valence-corrected chi connectivity index (χ3v) is 7.20. The molecule has 2 aromatic carbocycles. The zero-order valence-electron chi connectivity index (χ0n) is 18.4. The van der Waals surface area contributed by atoms with Crippen LogP contribution in [0, 0.1) is 19.8 Å². The quantitative estimate of drug-likeness (QED) is 0.271. The highest BCUT2D eigenvalue weighted by Gasteiger charge is 2.29. The second-order valence-electron chi connectivity index (χ2n) is 8.14. The summed E-state index contributed by atoms with van der Waals surface area (Å²) in [5.41, 5.74) is 0.784. The summed E-state index contributed by atoms with van der Waals surface area (Å²) < 4.78 is 38.7. The number of carbonyl (C=O) groups is 1. The summed E-state index contributed by atoms with van der Waals surface area (Å²) in [5, 5.41) is 0.502. The lowest BCUT2D eigenvalue weighted by Crippen LogP contribution is -2.43. The van der Waals surface area contributed by atoms with E-state index in [1.165, 1.54) is 24.3 Å². The fourth-order valence-electron chi connectivity index (χ4n) is 3.22. The molecule has 1 N–H and O–H groups in total. The number of hydrogen-bond donors (Lipinski definition) is 1. The maximum atomic E-state index is 13.0. The van der Waals surface area contributed by atoms with Gasteiger partial charge in [-0.15, -0.1) is 0 Å². The van der Waals surface area contributed by atoms with Gasteiger partial charge in [-0.1, -0.05) is 54.7 Å². The Morgan fingerprint density at radius 1 is 1.12 bits per heavy atom. The summed E-state index contributed by atoms with van der Waals surface area (Å²) in [6, 6.07) is 7.87. The van der Waals surface area contributed by atoms with Crippen LogP contribution in [0.1, 0.15) is 31.4 Å². The molecule has 0 fully saturated rings. The van der Waals surface area contributed by atoms with Crippen molar-refractivity contribution in [1.82, 2.24) is 4.72 Å². The molecule has 1 heterocycles. The number of benzene rings is 2. The van der Waals surface area contributed by atoms with Gasteiger partial charge in [-0.3, -0.25) is 0 Å². The predicted molar refractivity (Wildman–Crippen MR) is 128 cm³/mol. The van der Waals surface area contributed by atoms with Gasteiger partial charge in [0.25, 0.3) is 0 Å². The Labute approximate surface area is 201 Å². The highest BCUT2D eigenvalue weighted by atomic mass is 35.5. The molecule has 0 bridgehead atoms. The molecule has 0 aliphatic heterocycles. The van der Waals surface area contributed by atoms with Gasteiger partial charge in [0.2, 0.25) is 10.0 Å². The van der Waals surface area contributed by atoms with Crippen LogP contribution in [0.4, 0.5) is 0 Å². The number of carbonyl (C=O) groups excluding carboxylic acids is 1. The number of aryl methyl sites for hydroxylation is 2. The predicted octanol–water partition coefficient (Wildman–Crippen LogP) is 5.02. The van der Waals surface area contributed by atoms with Crippen molar-refractivity contribution in [2.45, 2.75) is 45.1 Å². The summed E-state index contributed by atoms with van der Waals surface area (Å²) in [7, 11) is -3.98. The number of sulfonamides is 1. The van der Waals surface area contributed by atoms with Gasteiger partial charge in [0.15, 0.2) is 5.75 Å². The number of esters is 1. The van der Waals surface area contributed by atoms with Crippen LogP contribution in [-0.4, -0.2) is 20.4 Å². The molecule has 0 saturated heterocycles. The molecule has 0 spiro atoms. The van der Waals surface area contributed by atoms with E-state index in [0.29, 0.717) is 10.9 Å². The SMILES string of the molecule is Cc1ccc(S(=O)(=O)N[C@@H](CC(C)C)C(=O)Oc2cc3oc(=O)c(Cl)c(C)c3cc2Cl)cc1. The summed E-state index contributed by atoms with van der Waals surface area (Å²) in [6.45, 7) is 7.19. The molecule has 3 aromatic rings. The number of halogens is 2. The Hall–Kier alpha value is -2.39. The van der Waals surface area contributed by atoms with Crippen LogP contribution in [0.25, 0.3) is 11.0 Å². The lowest BCUT2D eigenvalue weighted by molar-refractivity contribution is -0.136. The molecule has 0 saturated carbocycles. The number of rotatable bonds is 7. The zero-order chi connectivity index (χ0) is 24.5. The van der Waals surface area contributed by atoms with Crippen LogP contribution in [0.15, 0.2) is 50.5 Å². The molecule has 1 aromatic heterocycles. The van der Waals surface area contributed by atoms with Gasteiger partial charge < -0.3 is 9.15 Å². The maximum Gasteiger partial charge on any atom is 0.355 e. The van der Waals surface area contributed by atoms with Crippen LogP contribution in [0.2, 0.25) is 10.0 Å². The molecule has 176 valence electrons. The molecular weight excluding hydrogens is 489 g/mol. The van der Waals surface area contributed by atoms with Crippen LogP contribution >= 0.6 is 23.2 Å². The number of fused-ring (bicyclic) bond motifs is 1.